The molecule has 2 aromatic carbocycles. The highest BCUT2D eigenvalue weighted by Gasteiger charge is 2.69. The molecular weight excluding hydrogens is 508 g/mol. The summed E-state index contributed by atoms with van der Waals surface area (Å²) in [7, 11) is 0. The van der Waals surface area contributed by atoms with Crippen molar-refractivity contribution in [3.63, 3.8) is 0 Å². The summed E-state index contributed by atoms with van der Waals surface area (Å²) in [5.74, 6) is -0.259. The van der Waals surface area contributed by atoms with Gasteiger partial charge in [0.2, 0.25) is 11.8 Å². The molecule has 2 aliphatic heterocycles. The van der Waals surface area contributed by atoms with Crippen LogP contribution < -0.4 is 14.5 Å². The van der Waals surface area contributed by atoms with Crippen LogP contribution >= 0.6 is 23.1 Å². The van der Waals surface area contributed by atoms with Crippen molar-refractivity contribution in [3.05, 3.63) is 68.1 Å². The zero-order valence-electron chi connectivity index (χ0n) is 20.3. The molecule has 2 aliphatic carbocycles. The highest BCUT2D eigenvalue weighted by molar-refractivity contribution is 8.00. The zero-order chi connectivity index (χ0) is 25.6. The zero-order valence-corrected chi connectivity index (χ0v) is 22.0. The van der Waals surface area contributed by atoms with Gasteiger partial charge in [0.1, 0.15) is 0 Å². The Kier molecular flexibility index (Phi) is 5.14. The molecule has 2 saturated carbocycles. The second-order valence-electron chi connectivity index (χ2n) is 10.5. The van der Waals surface area contributed by atoms with E-state index in [-0.39, 0.29) is 63.2 Å². The maximum absolute atomic E-state index is 13.8. The van der Waals surface area contributed by atoms with Gasteiger partial charge in [-0.15, -0.1) is 11.8 Å². The lowest BCUT2D eigenvalue weighted by molar-refractivity contribution is -0.123. The van der Waals surface area contributed by atoms with Crippen LogP contribution in [0.25, 0.3) is 0 Å². The van der Waals surface area contributed by atoms with Crippen LogP contribution in [0.2, 0.25) is 0 Å². The number of anilines is 1. The molecule has 2 N–H and O–H groups in total. The number of aromatic amines is 1. The molecule has 0 radical (unpaired) electrons. The number of amides is 2. The second kappa shape index (κ2) is 8.23. The van der Waals surface area contributed by atoms with Crippen molar-refractivity contribution in [1.82, 2.24) is 4.98 Å². The third kappa shape index (κ3) is 3.23. The number of thioether (sulfide) groups is 1. The average molecular weight is 535 g/mol. The van der Waals surface area contributed by atoms with E-state index in [4.69, 9.17) is 4.74 Å². The number of aryl methyl sites for hydroxylation is 1. The van der Waals surface area contributed by atoms with E-state index in [9.17, 15) is 19.5 Å². The minimum absolute atomic E-state index is 0.0408. The molecule has 3 aromatic rings. The van der Waals surface area contributed by atoms with Gasteiger partial charge in [-0.3, -0.25) is 19.3 Å². The van der Waals surface area contributed by atoms with Crippen molar-refractivity contribution >= 4 is 40.6 Å². The third-order valence-electron chi connectivity index (χ3n) is 8.66. The molecule has 4 aliphatic rings. The first-order valence-electron chi connectivity index (χ1n) is 12.7. The van der Waals surface area contributed by atoms with E-state index in [0.29, 0.717) is 18.0 Å². The lowest BCUT2D eigenvalue weighted by Crippen LogP contribution is -2.42. The van der Waals surface area contributed by atoms with E-state index in [0.717, 1.165) is 27.5 Å². The van der Waals surface area contributed by atoms with E-state index in [1.807, 2.05) is 50.2 Å². The molecule has 1 aromatic heterocycles. The number of nitrogens with one attached hydrogen (secondary N) is 1. The number of rotatable bonds is 4. The number of aromatic hydroxyl groups is 1. The molecule has 1 saturated heterocycles. The molecular formula is C28H26N2O5S2. The highest BCUT2D eigenvalue weighted by Crippen LogP contribution is 2.68. The van der Waals surface area contributed by atoms with Crippen molar-refractivity contribution in [1.29, 1.82) is 0 Å². The number of benzene rings is 2. The number of hydrogen-bond acceptors (Lipinski definition) is 7. The maximum atomic E-state index is 13.8. The van der Waals surface area contributed by atoms with E-state index in [1.54, 1.807) is 17.8 Å². The molecule has 3 heterocycles. The average Bonchev–Trinajstić information content (AvgIpc) is 3.60. The summed E-state index contributed by atoms with van der Waals surface area (Å²) in [6.07, 6.45) is 0.836. The lowest BCUT2D eigenvalue weighted by Gasteiger charge is -2.43. The number of H-pyrrole nitrogens is 1. The largest absolute Gasteiger partial charge is 0.504 e. The second-order valence-corrected chi connectivity index (χ2v) is 12.7. The van der Waals surface area contributed by atoms with Crippen LogP contribution in [0.5, 0.6) is 11.5 Å². The first-order valence-corrected chi connectivity index (χ1v) is 14.4. The standard InChI is InChI=1S/C28H26N2O5S2/c1-3-35-18-10-13(6-9-17(18)31)19-20-15-11-16(23(20)36-25-24(19)37-28(34)29-25)22-21(15)26(32)30(27(22)33)14-7-4-12(2)5-8-14/h4-10,15-16,19-23,31H,3,11H2,1-2H3,(H,29,34)/t15?,16?,19-,20?,21?,22?,23?/m1/s1. The normalized spacial score (nSPS) is 31.4. The van der Waals surface area contributed by atoms with Crippen LogP contribution in [-0.2, 0) is 9.59 Å². The Morgan fingerprint density at radius 3 is 2.51 bits per heavy atom. The number of fused-ring (bicyclic) bond motifs is 9. The Balaban J connectivity index is 1.32. The van der Waals surface area contributed by atoms with Gasteiger partial charge < -0.3 is 14.8 Å². The number of thiazole rings is 1. The Bertz CT molecular complexity index is 1490. The summed E-state index contributed by atoms with van der Waals surface area (Å²) < 4.78 is 5.68. The summed E-state index contributed by atoms with van der Waals surface area (Å²) in [4.78, 5) is 45.3. The van der Waals surface area contributed by atoms with Crippen LogP contribution in [0, 0.1) is 36.5 Å². The van der Waals surface area contributed by atoms with Crippen LogP contribution in [0.1, 0.15) is 35.3 Å². The van der Waals surface area contributed by atoms with E-state index < -0.39 is 0 Å². The minimum atomic E-state index is -0.344. The van der Waals surface area contributed by atoms with Gasteiger partial charge in [0, 0.05) is 16.0 Å². The van der Waals surface area contributed by atoms with Gasteiger partial charge in [-0.2, -0.15) is 0 Å². The van der Waals surface area contributed by atoms with Gasteiger partial charge in [-0.05, 0) is 67.9 Å². The number of imide groups is 1. The van der Waals surface area contributed by atoms with E-state index in [1.165, 1.54) is 16.2 Å². The van der Waals surface area contributed by atoms with Crippen LogP contribution in [0.15, 0.2) is 52.3 Å². The van der Waals surface area contributed by atoms with Crippen LogP contribution in [0.4, 0.5) is 5.69 Å². The molecule has 9 heteroatoms. The molecule has 7 rings (SSSR count). The summed E-state index contributed by atoms with van der Waals surface area (Å²) >= 11 is 2.89. The fourth-order valence-electron chi connectivity index (χ4n) is 7.33. The number of nitrogens with zero attached hydrogens (tertiary/aromatic N) is 1. The molecule has 7 atom stereocenters. The van der Waals surface area contributed by atoms with Crippen molar-refractivity contribution < 1.29 is 19.4 Å². The Hall–Kier alpha value is -3.04. The highest BCUT2D eigenvalue weighted by atomic mass is 32.2. The molecule has 2 bridgehead atoms. The number of carbonyl (C=O) groups is 2. The van der Waals surface area contributed by atoms with Gasteiger partial charge in [0.15, 0.2) is 11.5 Å². The summed E-state index contributed by atoms with van der Waals surface area (Å²) in [6.45, 7) is 4.28. The summed E-state index contributed by atoms with van der Waals surface area (Å²) in [5, 5.41) is 11.3. The maximum Gasteiger partial charge on any atom is 0.305 e. The van der Waals surface area contributed by atoms with Crippen molar-refractivity contribution in [2.24, 2.45) is 29.6 Å². The SMILES string of the molecule is CCOc1cc([C@H]2c3sc(=O)[nH]c3SC3C4CC(C5C(=O)N(c6ccc(C)cc6)C(=O)C45)C32)ccc1O. The number of phenolic OH excluding ortho intramolecular Hbond substituents is 1. The van der Waals surface area contributed by atoms with E-state index in [2.05, 4.69) is 4.98 Å². The predicted molar refractivity (Wildman–Crippen MR) is 141 cm³/mol. The van der Waals surface area contributed by atoms with Gasteiger partial charge in [0.05, 0.1) is 29.2 Å². The van der Waals surface area contributed by atoms with E-state index >= 15 is 0 Å². The van der Waals surface area contributed by atoms with Crippen molar-refractivity contribution in [2.75, 3.05) is 11.5 Å². The van der Waals surface area contributed by atoms with Gasteiger partial charge in [-0.25, -0.2) is 0 Å². The smallest absolute Gasteiger partial charge is 0.305 e. The van der Waals surface area contributed by atoms with Gasteiger partial charge >= 0.3 is 4.87 Å². The lowest BCUT2D eigenvalue weighted by atomic mass is 9.68. The third-order valence-corrected chi connectivity index (χ3v) is 11.2. The Labute approximate surface area is 221 Å². The number of carbonyl (C=O) groups excluding carboxylic acids is 2. The van der Waals surface area contributed by atoms with Gasteiger partial charge in [-0.1, -0.05) is 35.1 Å². The quantitative estimate of drug-likeness (QED) is 0.478. The predicted octanol–water partition coefficient (Wildman–Crippen LogP) is 4.53. The minimum Gasteiger partial charge on any atom is -0.504 e. The van der Waals surface area contributed by atoms with Crippen LogP contribution in [-0.4, -0.2) is 33.8 Å². The molecule has 7 nitrogen and oxygen atoms in total. The molecule has 6 unspecified atom stereocenters. The molecule has 3 fully saturated rings. The van der Waals surface area contributed by atoms with Crippen molar-refractivity contribution in [3.8, 4) is 11.5 Å². The van der Waals surface area contributed by atoms with Crippen molar-refractivity contribution in [2.45, 2.75) is 36.5 Å². The number of hydrogen-bond donors (Lipinski definition) is 2. The van der Waals surface area contributed by atoms with Gasteiger partial charge in [0.25, 0.3) is 0 Å². The Morgan fingerprint density at radius 2 is 1.78 bits per heavy atom. The number of ether oxygens (including phenoxy) is 1. The molecule has 0 spiro atoms. The molecule has 2 amide bonds. The van der Waals surface area contributed by atoms with Crippen LogP contribution in [0.3, 0.4) is 0 Å². The number of aromatic nitrogens is 1. The fraction of sp³-hybridized carbons (Fsp3) is 0.393. The Morgan fingerprint density at radius 1 is 1.05 bits per heavy atom. The number of phenols is 1. The first-order chi connectivity index (χ1) is 17.9. The summed E-state index contributed by atoms with van der Waals surface area (Å²) in [6, 6.07) is 13.0. The monoisotopic (exact) mass is 534 g/mol. The fourth-order valence-corrected chi connectivity index (χ4v) is 10.2. The topological polar surface area (TPSA) is 99.7 Å². The summed E-state index contributed by atoms with van der Waals surface area (Å²) in [5.41, 5.74) is 2.68. The first kappa shape index (κ1) is 23.1. The molecule has 37 heavy (non-hydrogen) atoms. The molecule has 190 valence electrons.